The van der Waals surface area contributed by atoms with Crippen LogP contribution in [0.4, 0.5) is 0 Å². The second kappa shape index (κ2) is 8.41. The molecule has 2 fully saturated rings. The average Bonchev–Trinajstić information content (AvgIpc) is 2.62. The van der Waals surface area contributed by atoms with Gasteiger partial charge in [0.15, 0.2) is 0 Å². The molecule has 2 aliphatic rings. The van der Waals surface area contributed by atoms with Crippen molar-refractivity contribution >= 4 is 10.0 Å². The van der Waals surface area contributed by atoms with E-state index in [2.05, 4.69) is 19.2 Å². The van der Waals surface area contributed by atoms with E-state index in [1.807, 2.05) is 18.2 Å². The first-order valence-electron chi connectivity index (χ1n) is 10.2. The maximum atomic E-state index is 13.1. The van der Waals surface area contributed by atoms with Crippen LogP contribution in [0.2, 0.25) is 0 Å². The number of hydrogen-bond donors (Lipinski definition) is 1. The van der Waals surface area contributed by atoms with E-state index in [4.69, 9.17) is 0 Å². The van der Waals surface area contributed by atoms with Gasteiger partial charge in [0.05, 0.1) is 4.90 Å². The molecule has 1 aliphatic heterocycles. The second-order valence-electron chi connectivity index (χ2n) is 8.89. The molecule has 1 N–H and O–H groups in total. The number of nitrogens with zero attached hydrogens (tertiary/aromatic N) is 1. The van der Waals surface area contributed by atoms with Gasteiger partial charge in [0.2, 0.25) is 10.0 Å². The van der Waals surface area contributed by atoms with Gasteiger partial charge in [-0.1, -0.05) is 45.2 Å². The molecule has 0 spiro atoms. The Morgan fingerprint density at radius 1 is 1.15 bits per heavy atom. The standard InChI is InChI=1S/C21H34N2O2S/c1-21(2)12-7-13-23(17-21)26(24,25)20-11-6-10-19(14-20)16-22-15-18-8-4-3-5-9-18/h6,10-11,14,18,22H,3-5,7-9,12-13,15-17H2,1-2H3. The molecule has 1 aromatic rings. The third-order valence-corrected chi connectivity index (χ3v) is 7.73. The van der Waals surface area contributed by atoms with Crippen molar-refractivity contribution in [2.24, 2.45) is 11.3 Å². The highest BCUT2D eigenvalue weighted by Gasteiger charge is 2.34. The third-order valence-electron chi connectivity index (χ3n) is 5.89. The summed E-state index contributed by atoms with van der Waals surface area (Å²) in [6, 6.07) is 7.49. The zero-order valence-corrected chi connectivity index (χ0v) is 17.2. The largest absolute Gasteiger partial charge is 0.312 e. The monoisotopic (exact) mass is 378 g/mol. The molecule has 1 saturated heterocycles. The zero-order valence-electron chi connectivity index (χ0n) is 16.3. The Morgan fingerprint density at radius 2 is 1.92 bits per heavy atom. The van der Waals surface area contributed by atoms with Gasteiger partial charge in [0.1, 0.15) is 0 Å². The summed E-state index contributed by atoms with van der Waals surface area (Å²) in [6.45, 7) is 7.33. The number of piperidine rings is 1. The van der Waals surface area contributed by atoms with Crippen molar-refractivity contribution in [2.75, 3.05) is 19.6 Å². The van der Waals surface area contributed by atoms with E-state index in [-0.39, 0.29) is 5.41 Å². The van der Waals surface area contributed by atoms with Gasteiger partial charge in [-0.3, -0.25) is 0 Å². The van der Waals surface area contributed by atoms with Crippen LogP contribution in [0.3, 0.4) is 0 Å². The smallest absolute Gasteiger partial charge is 0.243 e. The van der Waals surface area contributed by atoms with Crippen LogP contribution in [0.5, 0.6) is 0 Å². The average molecular weight is 379 g/mol. The highest BCUT2D eigenvalue weighted by molar-refractivity contribution is 7.89. The molecule has 0 aromatic heterocycles. The van der Waals surface area contributed by atoms with E-state index in [1.54, 1.807) is 10.4 Å². The Balaban J connectivity index is 1.62. The lowest BCUT2D eigenvalue weighted by Crippen LogP contribution is -2.43. The summed E-state index contributed by atoms with van der Waals surface area (Å²) in [4.78, 5) is 0.437. The Bertz CT molecular complexity index is 694. The van der Waals surface area contributed by atoms with Crippen molar-refractivity contribution < 1.29 is 8.42 Å². The summed E-state index contributed by atoms with van der Waals surface area (Å²) in [7, 11) is -3.40. The molecule has 0 radical (unpaired) electrons. The quantitative estimate of drug-likeness (QED) is 0.808. The maximum absolute atomic E-state index is 13.1. The van der Waals surface area contributed by atoms with Crippen molar-refractivity contribution in [1.82, 2.24) is 9.62 Å². The highest BCUT2D eigenvalue weighted by atomic mass is 32.2. The highest BCUT2D eigenvalue weighted by Crippen LogP contribution is 2.32. The van der Waals surface area contributed by atoms with Gasteiger partial charge >= 0.3 is 0 Å². The van der Waals surface area contributed by atoms with Gasteiger partial charge in [0.25, 0.3) is 0 Å². The van der Waals surface area contributed by atoms with E-state index in [1.165, 1.54) is 32.1 Å². The fraction of sp³-hybridized carbons (Fsp3) is 0.714. The lowest BCUT2D eigenvalue weighted by Gasteiger charge is -2.37. The molecule has 3 rings (SSSR count). The normalized spacial score (nSPS) is 22.4. The van der Waals surface area contributed by atoms with E-state index in [0.717, 1.165) is 37.4 Å². The van der Waals surface area contributed by atoms with Gasteiger partial charge in [-0.15, -0.1) is 0 Å². The van der Waals surface area contributed by atoms with Crippen molar-refractivity contribution in [3.8, 4) is 0 Å². The summed E-state index contributed by atoms with van der Waals surface area (Å²) in [6.07, 6.45) is 8.76. The first-order valence-corrected chi connectivity index (χ1v) is 11.6. The minimum Gasteiger partial charge on any atom is -0.312 e. The van der Waals surface area contributed by atoms with Crippen LogP contribution in [0, 0.1) is 11.3 Å². The zero-order chi connectivity index (χ0) is 18.6. The molecule has 1 saturated carbocycles. The number of benzene rings is 1. The van der Waals surface area contributed by atoms with Crippen molar-refractivity contribution in [2.45, 2.75) is 70.2 Å². The molecule has 1 heterocycles. The molecule has 26 heavy (non-hydrogen) atoms. The molecule has 4 nitrogen and oxygen atoms in total. The third kappa shape index (κ3) is 5.08. The van der Waals surface area contributed by atoms with Crippen LogP contribution in [-0.4, -0.2) is 32.4 Å². The summed E-state index contributed by atoms with van der Waals surface area (Å²) < 4.78 is 27.8. The molecule has 5 heteroatoms. The molecule has 1 aliphatic carbocycles. The van der Waals surface area contributed by atoms with E-state index < -0.39 is 10.0 Å². The van der Waals surface area contributed by atoms with Gasteiger partial charge in [-0.2, -0.15) is 4.31 Å². The van der Waals surface area contributed by atoms with E-state index in [0.29, 0.717) is 18.0 Å². The molecule has 0 unspecified atom stereocenters. The summed E-state index contributed by atoms with van der Waals surface area (Å²) >= 11 is 0. The molecular formula is C21H34N2O2S. The van der Waals surface area contributed by atoms with Crippen LogP contribution in [0.1, 0.15) is 64.4 Å². The van der Waals surface area contributed by atoms with Crippen LogP contribution in [-0.2, 0) is 16.6 Å². The molecule has 0 amide bonds. The van der Waals surface area contributed by atoms with Crippen molar-refractivity contribution in [3.05, 3.63) is 29.8 Å². The van der Waals surface area contributed by atoms with E-state index in [9.17, 15) is 8.42 Å². The minimum atomic E-state index is -3.40. The lowest BCUT2D eigenvalue weighted by atomic mass is 9.85. The number of hydrogen-bond acceptors (Lipinski definition) is 3. The first kappa shape index (κ1) is 19.8. The predicted octanol–water partition coefficient (Wildman–Crippen LogP) is 4.17. The van der Waals surface area contributed by atoms with Crippen molar-refractivity contribution in [1.29, 1.82) is 0 Å². The van der Waals surface area contributed by atoms with Crippen LogP contribution >= 0.6 is 0 Å². The summed E-state index contributed by atoms with van der Waals surface area (Å²) in [5.74, 6) is 0.784. The number of nitrogens with one attached hydrogen (secondary N) is 1. The second-order valence-corrected chi connectivity index (χ2v) is 10.8. The number of rotatable bonds is 6. The molecule has 1 aromatic carbocycles. The summed E-state index contributed by atoms with van der Waals surface area (Å²) in [5.41, 5.74) is 1.11. The van der Waals surface area contributed by atoms with Crippen molar-refractivity contribution in [3.63, 3.8) is 0 Å². The Kier molecular flexibility index (Phi) is 6.41. The minimum absolute atomic E-state index is 0.0600. The molecule has 0 bridgehead atoms. The van der Waals surface area contributed by atoms with Crippen LogP contribution < -0.4 is 5.32 Å². The fourth-order valence-electron chi connectivity index (χ4n) is 4.35. The fourth-order valence-corrected chi connectivity index (χ4v) is 6.09. The molecular weight excluding hydrogens is 344 g/mol. The lowest BCUT2D eigenvalue weighted by molar-refractivity contribution is 0.187. The Morgan fingerprint density at radius 3 is 2.65 bits per heavy atom. The molecule has 146 valence electrons. The predicted molar refractivity (Wildman–Crippen MR) is 106 cm³/mol. The SMILES string of the molecule is CC1(C)CCCN(S(=O)(=O)c2cccc(CNCC3CCCCC3)c2)C1. The van der Waals surface area contributed by atoms with Gasteiger partial charge in [-0.05, 0) is 61.3 Å². The van der Waals surface area contributed by atoms with Crippen LogP contribution in [0.25, 0.3) is 0 Å². The maximum Gasteiger partial charge on any atom is 0.243 e. The van der Waals surface area contributed by atoms with Crippen LogP contribution in [0.15, 0.2) is 29.2 Å². The van der Waals surface area contributed by atoms with E-state index >= 15 is 0 Å². The molecule has 0 atom stereocenters. The summed E-state index contributed by atoms with van der Waals surface area (Å²) in [5, 5.41) is 3.53. The Hall–Kier alpha value is -0.910. The van der Waals surface area contributed by atoms with Gasteiger partial charge < -0.3 is 5.32 Å². The topological polar surface area (TPSA) is 49.4 Å². The number of sulfonamides is 1. The first-order chi connectivity index (χ1) is 12.4. The van der Waals surface area contributed by atoms with Gasteiger partial charge in [-0.25, -0.2) is 8.42 Å². The Labute approximate surface area is 159 Å². The van der Waals surface area contributed by atoms with Gasteiger partial charge in [0, 0.05) is 19.6 Å².